The average Bonchev–Trinajstić information content (AvgIpc) is 2.91. The third-order valence-electron chi connectivity index (χ3n) is 4.61. The molecule has 0 aromatic carbocycles. The molecule has 88 valence electrons. The zero-order valence-electron chi connectivity index (χ0n) is 11.3. The lowest BCUT2D eigenvalue weighted by molar-refractivity contribution is 0.248. The van der Waals surface area contributed by atoms with Gasteiger partial charge in [-0.05, 0) is 42.4 Å². The minimum atomic E-state index is 0.536. The molecule has 0 amide bonds. The molecular formula is C15H28. The fraction of sp³-hybridized carbons (Fsp3) is 0.867. The minimum Gasteiger partial charge on any atom is -0.0995 e. The lowest BCUT2D eigenvalue weighted by atomic mass is 9.79. The van der Waals surface area contributed by atoms with E-state index in [4.69, 9.17) is 0 Å². The van der Waals surface area contributed by atoms with E-state index in [1.807, 2.05) is 0 Å². The molecule has 1 rings (SSSR count). The Morgan fingerprint density at radius 1 is 1.40 bits per heavy atom. The van der Waals surface area contributed by atoms with E-state index in [0.29, 0.717) is 5.41 Å². The van der Waals surface area contributed by atoms with Crippen LogP contribution in [0.3, 0.4) is 0 Å². The van der Waals surface area contributed by atoms with E-state index in [0.717, 1.165) is 17.8 Å². The van der Waals surface area contributed by atoms with Crippen LogP contribution in [0.5, 0.6) is 0 Å². The summed E-state index contributed by atoms with van der Waals surface area (Å²) in [5.74, 6) is 2.56. The molecule has 0 spiro atoms. The molecule has 3 atom stereocenters. The Morgan fingerprint density at radius 3 is 2.33 bits per heavy atom. The fourth-order valence-corrected chi connectivity index (χ4v) is 2.24. The van der Waals surface area contributed by atoms with Crippen LogP contribution in [0, 0.1) is 23.2 Å². The third-order valence-corrected chi connectivity index (χ3v) is 4.61. The second kappa shape index (κ2) is 4.72. The van der Waals surface area contributed by atoms with E-state index in [9.17, 15) is 0 Å². The molecule has 0 aromatic heterocycles. The van der Waals surface area contributed by atoms with Crippen LogP contribution in [0.1, 0.15) is 60.3 Å². The Hall–Kier alpha value is -0.260. The molecule has 0 aliphatic heterocycles. The highest BCUT2D eigenvalue weighted by molar-refractivity contribution is 5.20. The van der Waals surface area contributed by atoms with E-state index in [-0.39, 0.29) is 0 Å². The molecule has 1 aliphatic carbocycles. The highest BCUT2D eigenvalue weighted by Crippen LogP contribution is 2.46. The SMILES string of the molecule is C=C1CC1C(C)C(C)CCC(C)(C)CC. The van der Waals surface area contributed by atoms with Crippen molar-refractivity contribution in [2.45, 2.75) is 60.3 Å². The Morgan fingerprint density at radius 2 is 1.93 bits per heavy atom. The summed E-state index contributed by atoms with van der Waals surface area (Å²) in [4.78, 5) is 0. The second-order valence-electron chi connectivity index (χ2n) is 6.36. The first-order valence-electron chi connectivity index (χ1n) is 6.55. The van der Waals surface area contributed by atoms with Gasteiger partial charge in [-0.25, -0.2) is 0 Å². The van der Waals surface area contributed by atoms with Gasteiger partial charge in [0.2, 0.25) is 0 Å². The topological polar surface area (TPSA) is 0 Å². The molecule has 0 heterocycles. The maximum atomic E-state index is 4.08. The average molecular weight is 208 g/mol. The molecule has 1 aliphatic rings. The minimum absolute atomic E-state index is 0.536. The molecule has 0 nitrogen and oxygen atoms in total. The van der Waals surface area contributed by atoms with Crippen LogP contribution in [0.4, 0.5) is 0 Å². The molecule has 0 radical (unpaired) electrons. The number of rotatable bonds is 6. The lowest BCUT2D eigenvalue weighted by Gasteiger charge is -2.27. The van der Waals surface area contributed by atoms with Crippen molar-refractivity contribution < 1.29 is 0 Å². The molecule has 0 aromatic rings. The van der Waals surface area contributed by atoms with Crippen molar-refractivity contribution in [3.63, 3.8) is 0 Å². The zero-order valence-corrected chi connectivity index (χ0v) is 11.3. The van der Waals surface area contributed by atoms with Gasteiger partial charge in [-0.2, -0.15) is 0 Å². The molecule has 0 bridgehead atoms. The van der Waals surface area contributed by atoms with Gasteiger partial charge in [-0.3, -0.25) is 0 Å². The predicted molar refractivity (Wildman–Crippen MR) is 68.9 cm³/mol. The summed E-state index contributed by atoms with van der Waals surface area (Å²) < 4.78 is 0. The molecular weight excluding hydrogens is 180 g/mol. The van der Waals surface area contributed by atoms with Crippen LogP contribution in [-0.2, 0) is 0 Å². The maximum Gasteiger partial charge on any atom is -0.0140 e. The van der Waals surface area contributed by atoms with Gasteiger partial charge < -0.3 is 0 Å². The van der Waals surface area contributed by atoms with E-state index >= 15 is 0 Å². The molecule has 0 N–H and O–H groups in total. The van der Waals surface area contributed by atoms with Gasteiger partial charge in [-0.1, -0.05) is 53.2 Å². The van der Waals surface area contributed by atoms with Crippen molar-refractivity contribution in [1.82, 2.24) is 0 Å². The summed E-state index contributed by atoms with van der Waals surface area (Å²) in [6, 6.07) is 0. The van der Waals surface area contributed by atoms with Crippen LogP contribution >= 0.6 is 0 Å². The van der Waals surface area contributed by atoms with E-state index in [1.165, 1.54) is 31.3 Å². The van der Waals surface area contributed by atoms with Crippen molar-refractivity contribution in [2.24, 2.45) is 23.2 Å². The summed E-state index contributed by atoms with van der Waals surface area (Å²) >= 11 is 0. The predicted octanol–water partition coefficient (Wildman–Crippen LogP) is 5.05. The van der Waals surface area contributed by atoms with Crippen LogP contribution in [-0.4, -0.2) is 0 Å². The normalized spacial score (nSPS) is 25.1. The monoisotopic (exact) mass is 208 g/mol. The first-order chi connectivity index (χ1) is 6.87. The maximum absolute atomic E-state index is 4.08. The molecule has 15 heavy (non-hydrogen) atoms. The van der Waals surface area contributed by atoms with Crippen molar-refractivity contribution >= 4 is 0 Å². The fourth-order valence-electron chi connectivity index (χ4n) is 2.24. The van der Waals surface area contributed by atoms with Gasteiger partial charge in [0.15, 0.2) is 0 Å². The Bertz CT molecular complexity index is 224. The van der Waals surface area contributed by atoms with Crippen LogP contribution in [0.15, 0.2) is 12.2 Å². The molecule has 1 fully saturated rings. The summed E-state index contributed by atoms with van der Waals surface area (Å²) in [6.07, 6.45) is 5.34. The first-order valence-corrected chi connectivity index (χ1v) is 6.55. The largest absolute Gasteiger partial charge is 0.0995 e. The first kappa shape index (κ1) is 12.8. The summed E-state index contributed by atoms with van der Waals surface area (Å²) in [6.45, 7) is 16.0. The van der Waals surface area contributed by atoms with Gasteiger partial charge in [0.1, 0.15) is 0 Å². The third kappa shape index (κ3) is 3.66. The molecule has 0 saturated heterocycles. The Labute approximate surface area is 96.2 Å². The molecule has 1 saturated carbocycles. The van der Waals surface area contributed by atoms with Gasteiger partial charge in [0.05, 0.1) is 0 Å². The highest BCUT2D eigenvalue weighted by Gasteiger charge is 2.35. The van der Waals surface area contributed by atoms with Gasteiger partial charge in [0.25, 0.3) is 0 Å². The van der Waals surface area contributed by atoms with E-state index < -0.39 is 0 Å². The van der Waals surface area contributed by atoms with Crippen molar-refractivity contribution in [2.75, 3.05) is 0 Å². The van der Waals surface area contributed by atoms with E-state index in [2.05, 4.69) is 41.2 Å². The number of allylic oxidation sites excluding steroid dienone is 1. The highest BCUT2D eigenvalue weighted by atomic mass is 14.4. The standard InChI is InChI=1S/C15H28/c1-7-15(5,6)9-8-11(2)13(4)14-10-12(14)3/h11,13-14H,3,7-10H2,1-2,4-6H3. The van der Waals surface area contributed by atoms with Crippen LogP contribution in [0.2, 0.25) is 0 Å². The van der Waals surface area contributed by atoms with E-state index in [1.54, 1.807) is 0 Å². The number of hydrogen-bond donors (Lipinski definition) is 0. The summed E-state index contributed by atoms with van der Waals surface area (Å²) in [7, 11) is 0. The van der Waals surface area contributed by atoms with Gasteiger partial charge in [0, 0.05) is 0 Å². The van der Waals surface area contributed by atoms with Crippen molar-refractivity contribution in [1.29, 1.82) is 0 Å². The quantitative estimate of drug-likeness (QED) is 0.536. The molecule has 3 unspecified atom stereocenters. The zero-order chi connectivity index (χ0) is 11.6. The summed E-state index contributed by atoms with van der Waals surface area (Å²) in [5.41, 5.74) is 2.03. The second-order valence-corrected chi connectivity index (χ2v) is 6.36. The van der Waals surface area contributed by atoms with Gasteiger partial charge in [-0.15, -0.1) is 0 Å². The smallest absolute Gasteiger partial charge is 0.0140 e. The summed E-state index contributed by atoms with van der Waals surface area (Å²) in [5, 5.41) is 0. The van der Waals surface area contributed by atoms with Crippen LogP contribution < -0.4 is 0 Å². The Kier molecular flexibility index (Phi) is 4.03. The lowest BCUT2D eigenvalue weighted by Crippen LogP contribution is -2.16. The number of hydrogen-bond acceptors (Lipinski definition) is 0. The van der Waals surface area contributed by atoms with Crippen LogP contribution in [0.25, 0.3) is 0 Å². The Balaban J connectivity index is 2.29. The van der Waals surface area contributed by atoms with Gasteiger partial charge >= 0.3 is 0 Å². The molecule has 0 heteroatoms. The van der Waals surface area contributed by atoms with Crippen molar-refractivity contribution in [3.05, 3.63) is 12.2 Å². The van der Waals surface area contributed by atoms with Crippen molar-refractivity contribution in [3.8, 4) is 0 Å².